The second kappa shape index (κ2) is 12.6. The molecule has 4 aliphatic rings. The zero-order chi connectivity index (χ0) is 35.7. The molecule has 3 unspecified atom stereocenters. The zero-order valence-corrected chi connectivity index (χ0v) is 31.6. The number of pyridine rings is 1. The van der Waals surface area contributed by atoms with Gasteiger partial charge >= 0.3 is 0 Å². The van der Waals surface area contributed by atoms with Crippen molar-refractivity contribution in [3.8, 4) is 17.1 Å². The smallest absolute Gasteiger partial charge is 0.264 e. The summed E-state index contributed by atoms with van der Waals surface area (Å²) in [6.07, 6.45) is 8.35. The van der Waals surface area contributed by atoms with Crippen LogP contribution in [0.5, 0.6) is 5.88 Å². The number of aryl methyl sites for hydroxylation is 2. The number of ether oxygens (including phenoxy) is 1. The van der Waals surface area contributed by atoms with Crippen LogP contribution in [0.2, 0.25) is 0 Å². The molecule has 0 saturated heterocycles. The van der Waals surface area contributed by atoms with Crippen LogP contribution in [0, 0.1) is 36.5 Å². The van der Waals surface area contributed by atoms with E-state index in [0.717, 1.165) is 53.0 Å². The Kier molecular flexibility index (Phi) is 8.43. The molecule has 3 saturated carbocycles. The molecule has 3 heterocycles. The van der Waals surface area contributed by atoms with E-state index in [1.165, 1.54) is 25.7 Å². The van der Waals surface area contributed by atoms with Crippen LogP contribution in [0.4, 0.5) is 11.8 Å². The average molecular weight is 706 g/mol. The topological polar surface area (TPSA) is 97.3 Å². The highest BCUT2D eigenvalue weighted by molar-refractivity contribution is 7.92. The fourth-order valence-electron chi connectivity index (χ4n) is 9.25. The van der Waals surface area contributed by atoms with Gasteiger partial charge in [0.1, 0.15) is 5.82 Å². The number of hydrogen-bond donors (Lipinski definition) is 1. The lowest BCUT2D eigenvalue weighted by Crippen LogP contribution is -2.44. The van der Waals surface area contributed by atoms with Crippen molar-refractivity contribution in [3.05, 3.63) is 89.1 Å². The number of nitrogens with zero attached hydrogens (tertiary/aromatic N) is 4. The molecule has 51 heavy (non-hydrogen) atoms. The first kappa shape index (κ1) is 34.1. The molecule has 4 aromatic rings. The van der Waals surface area contributed by atoms with Gasteiger partial charge in [0.05, 0.1) is 17.2 Å². The van der Waals surface area contributed by atoms with Crippen LogP contribution in [0.3, 0.4) is 0 Å². The first-order valence-electron chi connectivity index (χ1n) is 18.7. The SMILES string of the molecule is Cc1cccc(C)c1-c1cc2nc(n1)NS(=O)(=O)c1cccc(c1)C(C1CCC1c1cccc(N(C)C3CC4(CC4)C3)n1)[C@H](CC(C)(C)C)CO2. The minimum atomic E-state index is -3.99. The fourth-order valence-corrected chi connectivity index (χ4v) is 10.2. The Balaban J connectivity index is 1.18. The Labute approximate surface area is 303 Å². The van der Waals surface area contributed by atoms with Gasteiger partial charge in [-0.2, -0.15) is 4.98 Å². The molecule has 1 aliphatic heterocycles. The van der Waals surface area contributed by atoms with E-state index in [0.29, 0.717) is 29.6 Å². The summed E-state index contributed by atoms with van der Waals surface area (Å²) in [6.45, 7) is 11.4. The molecule has 2 aromatic heterocycles. The van der Waals surface area contributed by atoms with Gasteiger partial charge in [0.25, 0.3) is 10.0 Å². The molecule has 1 N–H and O–H groups in total. The summed E-state index contributed by atoms with van der Waals surface area (Å²) in [5.74, 6) is 2.15. The number of nitrogens with one attached hydrogen (secondary N) is 1. The molecular weight excluding hydrogens is 655 g/mol. The monoisotopic (exact) mass is 705 g/mol. The quantitative estimate of drug-likeness (QED) is 0.214. The van der Waals surface area contributed by atoms with Crippen LogP contribution < -0.4 is 14.4 Å². The van der Waals surface area contributed by atoms with Gasteiger partial charge in [-0.05, 0) is 122 Å². The highest BCUT2D eigenvalue weighted by Crippen LogP contribution is 2.62. The minimum Gasteiger partial charge on any atom is -0.477 e. The maximum absolute atomic E-state index is 14.0. The highest BCUT2D eigenvalue weighted by Gasteiger charge is 2.54. The van der Waals surface area contributed by atoms with Crippen molar-refractivity contribution < 1.29 is 13.2 Å². The number of hydrogen-bond acceptors (Lipinski definition) is 7. The predicted molar refractivity (Wildman–Crippen MR) is 203 cm³/mol. The van der Waals surface area contributed by atoms with E-state index >= 15 is 0 Å². The third kappa shape index (κ3) is 6.74. The summed E-state index contributed by atoms with van der Waals surface area (Å²) in [5.41, 5.74) is 6.50. The van der Waals surface area contributed by atoms with Gasteiger partial charge < -0.3 is 9.64 Å². The fraction of sp³-hybridized carbons (Fsp3) is 0.500. The standard InChI is InChI=1S/C42H51N5O3S/c1-26-10-7-11-27(2)38(26)35-21-37-45-40(44-35)46-51(48,49)31-13-8-12-28(20-31)39(29(25-50-37)22-41(3,4)5)33-17-16-32(33)34-14-9-15-36(43-34)47(6)30-23-42(24-30)18-19-42/h7-15,20-21,29-30,32-33,39H,16-19,22-25H2,1-6H3,(H,44,45,46)/t29-,32?,33?,39?/m1/s1. The van der Waals surface area contributed by atoms with Crippen LogP contribution in [-0.4, -0.2) is 43.1 Å². The molecule has 1 spiro atoms. The van der Waals surface area contributed by atoms with Crippen molar-refractivity contribution in [2.45, 2.75) is 102 Å². The second-order valence-corrected chi connectivity index (χ2v) is 18.8. The normalized spacial score (nSPS) is 24.9. The summed E-state index contributed by atoms with van der Waals surface area (Å²) in [5, 5.41) is 0. The molecule has 2 aromatic carbocycles. The zero-order valence-electron chi connectivity index (χ0n) is 30.8. The molecule has 8 rings (SSSR count). The summed E-state index contributed by atoms with van der Waals surface area (Å²) < 4.78 is 37.4. The van der Waals surface area contributed by atoms with Crippen LogP contribution in [0.15, 0.2) is 71.6 Å². The Morgan fingerprint density at radius 2 is 1.65 bits per heavy atom. The lowest BCUT2D eigenvalue weighted by atomic mass is 9.59. The predicted octanol–water partition coefficient (Wildman–Crippen LogP) is 9.06. The first-order chi connectivity index (χ1) is 24.3. The van der Waals surface area contributed by atoms with E-state index in [-0.39, 0.29) is 39.9 Å². The summed E-state index contributed by atoms with van der Waals surface area (Å²) >= 11 is 0. The van der Waals surface area contributed by atoms with E-state index in [2.05, 4.69) is 66.7 Å². The third-order valence-electron chi connectivity index (χ3n) is 12.2. The molecule has 3 fully saturated rings. The Morgan fingerprint density at radius 1 is 0.922 bits per heavy atom. The molecule has 4 bridgehead atoms. The molecule has 8 nitrogen and oxygen atoms in total. The summed E-state index contributed by atoms with van der Waals surface area (Å²) in [7, 11) is -1.79. The number of benzene rings is 2. The van der Waals surface area contributed by atoms with Crippen molar-refractivity contribution in [1.82, 2.24) is 15.0 Å². The van der Waals surface area contributed by atoms with Crippen LogP contribution in [-0.2, 0) is 10.0 Å². The average Bonchev–Trinajstić information content (AvgIpc) is 3.85. The van der Waals surface area contributed by atoms with Gasteiger partial charge in [0.15, 0.2) is 0 Å². The van der Waals surface area contributed by atoms with Crippen molar-refractivity contribution in [2.24, 2.45) is 22.7 Å². The number of fused-ring (bicyclic) bond motifs is 4. The van der Waals surface area contributed by atoms with Gasteiger partial charge in [0, 0.05) is 42.2 Å². The maximum Gasteiger partial charge on any atom is 0.264 e. The molecule has 3 aliphatic carbocycles. The lowest BCUT2D eigenvalue weighted by Gasteiger charge is -2.46. The molecule has 268 valence electrons. The number of rotatable bonds is 6. The van der Waals surface area contributed by atoms with Crippen LogP contribution >= 0.6 is 0 Å². The lowest BCUT2D eigenvalue weighted by molar-refractivity contribution is 0.0986. The Bertz CT molecular complexity index is 2040. The van der Waals surface area contributed by atoms with Gasteiger partial charge in [-0.15, -0.1) is 0 Å². The Morgan fingerprint density at radius 3 is 2.33 bits per heavy atom. The number of anilines is 2. The van der Waals surface area contributed by atoms with Gasteiger partial charge in [-0.1, -0.05) is 57.2 Å². The highest BCUT2D eigenvalue weighted by atomic mass is 32.2. The Hall–Kier alpha value is -3.98. The number of aromatic nitrogens is 3. The van der Waals surface area contributed by atoms with Crippen molar-refractivity contribution >= 4 is 21.8 Å². The van der Waals surface area contributed by atoms with E-state index in [4.69, 9.17) is 14.7 Å². The van der Waals surface area contributed by atoms with Crippen molar-refractivity contribution in [1.29, 1.82) is 0 Å². The molecule has 4 atom stereocenters. The largest absolute Gasteiger partial charge is 0.477 e. The molecule has 0 radical (unpaired) electrons. The van der Waals surface area contributed by atoms with Crippen LogP contribution in [0.1, 0.15) is 99.9 Å². The van der Waals surface area contributed by atoms with E-state index < -0.39 is 10.0 Å². The molecule has 9 heteroatoms. The third-order valence-corrected chi connectivity index (χ3v) is 13.5. The summed E-state index contributed by atoms with van der Waals surface area (Å²) in [6, 6.07) is 22.6. The van der Waals surface area contributed by atoms with Crippen LogP contribution in [0.25, 0.3) is 11.3 Å². The number of sulfonamides is 1. The van der Waals surface area contributed by atoms with Gasteiger partial charge in [-0.25, -0.2) is 23.1 Å². The minimum absolute atomic E-state index is 0.00392. The van der Waals surface area contributed by atoms with Gasteiger partial charge in [0.2, 0.25) is 11.8 Å². The van der Waals surface area contributed by atoms with Crippen molar-refractivity contribution in [2.75, 3.05) is 23.3 Å². The maximum atomic E-state index is 14.0. The van der Waals surface area contributed by atoms with E-state index in [9.17, 15) is 8.42 Å². The van der Waals surface area contributed by atoms with E-state index in [1.807, 2.05) is 50.2 Å². The molecule has 0 amide bonds. The second-order valence-electron chi connectivity index (χ2n) is 17.2. The van der Waals surface area contributed by atoms with E-state index in [1.54, 1.807) is 6.07 Å². The van der Waals surface area contributed by atoms with Crippen molar-refractivity contribution in [3.63, 3.8) is 0 Å². The molecular formula is C42H51N5O3S. The summed E-state index contributed by atoms with van der Waals surface area (Å²) in [4.78, 5) is 17.2. The van der Waals surface area contributed by atoms with Gasteiger partial charge in [-0.3, -0.25) is 0 Å². The first-order valence-corrected chi connectivity index (χ1v) is 20.2.